The molecule has 2 aromatic carbocycles. The van der Waals surface area contributed by atoms with Gasteiger partial charge in [0.2, 0.25) is 0 Å². The summed E-state index contributed by atoms with van der Waals surface area (Å²) in [6.07, 6.45) is 0. The van der Waals surface area contributed by atoms with E-state index in [1.165, 1.54) is 0 Å². The third-order valence-corrected chi connectivity index (χ3v) is 4.97. The maximum Gasteiger partial charge on any atom is 0.295 e. The fourth-order valence-corrected chi connectivity index (χ4v) is 3.36. The second-order valence-electron chi connectivity index (χ2n) is 4.03. The van der Waals surface area contributed by atoms with E-state index in [4.69, 9.17) is 13.7 Å². The molecular formula is C10H6O9S3. The van der Waals surface area contributed by atoms with E-state index >= 15 is 0 Å². The quantitative estimate of drug-likeness (QED) is 0.643. The minimum atomic E-state index is -4.98. The van der Waals surface area contributed by atoms with Crippen LogP contribution in [0, 0.1) is 12.1 Å². The molecule has 0 amide bonds. The Labute approximate surface area is 125 Å². The van der Waals surface area contributed by atoms with Crippen molar-refractivity contribution in [2.75, 3.05) is 0 Å². The zero-order chi connectivity index (χ0) is 16.9. The Morgan fingerprint density at radius 1 is 0.727 bits per heavy atom. The first-order valence-electron chi connectivity index (χ1n) is 5.15. The highest BCUT2D eigenvalue weighted by Crippen LogP contribution is 2.28. The van der Waals surface area contributed by atoms with Gasteiger partial charge in [0.15, 0.2) is 0 Å². The highest BCUT2D eigenvalue weighted by Gasteiger charge is 2.22. The highest BCUT2D eigenvalue weighted by molar-refractivity contribution is 7.87. The molecule has 12 heteroatoms. The van der Waals surface area contributed by atoms with Crippen molar-refractivity contribution in [2.24, 2.45) is 0 Å². The minimum Gasteiger partial charge on any atom is -0.282 e. The van der Waals surface area contributed by atoms with Crippen LogP contribution in [-0.2, 0) is 30.4 Å². The molecule has 0 unspecified atom stereocenters. The number of hydrogen-bond acceptors (Lipinski definition) is 6. The third kappa shape index (κ3) is 3.26. The van der Waals surface area contributed by atoms with Gasteiger partial charge in [-0.2, -0.15) is 25.3 Å². The van der Waals surface area contributed by atoms with Crippen LogP contribution in [-0.4, -0.2) is 38.9 Å². The lowest BCUT2D eigenvalue weighted by Crippen LogP contribution is -2.06. The van der Waals surface area contributed by atoms with Gasteiger partial charge in [-0.3, -0.25) is 13.7 Å². The summed E-state index contributed by atoms with van der Waals surface area (Å²) in [5.41, 5.74) is 0. The molecule has 0 heterocycles. The van der Waals surface area contributed by atoms with Gasteiger partial charge in [0.05, 0.1) is 0 Å². The molecule has 0 spiro atoms. The fraction of sp³-hybridized carbons (Fsp3) is 0. The molecule has 2 radical (unpaired) electrons. The zero-order valence-electron chi connectivity index (χ0n) is 10.2. The van der Waals surface area contributed by atoms with Crippen molar-refractivity contribution in [3.8, 4) is 0 Å². The Hall–Kier alpha value is -1.57. The van der Waals surface area contributed by atoms with Gasteiger partial charge in [0.1, 0.15) is 14.7 Å². The summed E-state index contributed by atoms with van der Waals surface area (Å²) >= 11 is 0. The van der Waals surface area contributed by atoms with Crippen molar-refractivity contribution in [1.29, 1.82) is 0 Å². The van der Waals surface area contributed by atoms with E-state index in [0.717, 1.165) is 12.1 Å². The summed E-state index contributed by atoms with van der Waals surface area (Å²) in [5, 5.41) is -0.792. The summed E-state index contributed by atoms with van der Waals surface area (Å²) in [5.74, 6) is 0. The average Bonchev–Trinajstić information content (AvgIpc) is 2.33. The molecule has 0 bridgehead atoms. The van der Waals surface area contributed by atoms with Crippen LogP contribution in [0.2, 0.25) is 0 Å². The van der Waals surface area contributed by atoms with Crippen molar-refractivity contribution in [2.45, 2.75) is 14.7 Å². The van der Waals surface area contributed by atoms with Crippen LogP contribution in [0.4, 0.5) is 0 Å². The molecule has 0 saturated heterocycles. The lowest BCUT2D eigenvalue weighted by Gasteiger charge is -2.07. The highest BCUT2D eigenvalue weighted by atomic mass is 32.2. The molecule has 22 heavy (non-hydrogen) atoms. The molecule has 0 aliphatic heterocycles. The second kappa shape index (κ2) is 4.97. The van der Waals surface area contributed by atoms with Gasteiger partial charge >= 0.3 is 0 Å². The van der Waals surface area contributed by atoms with Crippen molar-refractivity contribution >= 4 is 41.1 Å². The van der Waals surface area contributed by atoms with Crippen molar-refractivity contribution < 1.29 is 38.9 Å². The van der Waals surface area contributed by atoms with Crippen LogP contribution < -0.4 is 0 Å². The van der Waals surface area contributed by atoms with Gasteiger partial charge in [-0.15, -0.1) is 0 Å². The molecule has 0 aliphatic rings. The van der Waals surface area contributed by atoms with E-state index in [9.17, 15) is 25.3 Å². The topological polar surface area (TPSA) is 163 Å². The number of rotatable bonds is 3. The summed E-state index contributed by atoms with van der Waals surface area (Å²) in [6, 6.07) is 6.30. The molecule has 0 aromatic heterocycles. The van der Waals surface area contributed by atoms with Crippen LogP contribution in [0.1, 0.15) is 0 Å². The molecule has 118 valence electrons. The maximum absolute atomic E-state index is 11.3. The summed E-state index contributed by atoms with van der Waals surface area (Å²) in [4.78, 5) is -2.75. The number of benzene rings is 2. The lowest BCUT2D eigenvalue weighted by molar-refractivity contribution is 0.478. The molecular weight excluding hydrogens is 360 g/mol. The average molecular weight is 366 g/mol. The summed E-state index contributed by atoms with van der Waals surface area (Å²) in [7, 11) is -14.5. The Morgan fingerprint density at radius 2 is 1.27 bits per heavy atom. The number of hydrogen-bond donors (Lipinski definition) is 3. The Kier molecular flexibility index (Phi) is 3.80. The molecule has 0 atom stereocenters. The maximum atomic E-state index is 11.3. The second-order valence-corrected chi connectivity index (χ2v) is 8.20. The van der Waals surface area contributed by atoms with Crippen molar-refractivity contribution in [1.82, 2.24) is 0 Å². The third-order valence-electron chi connectivity index (χ3n) is 2.52. The number of fused-ring (bicyclic) bond motifs is 1. The van der Waals surface area contributed by atoms with E-state index in [-0.39, 0.29) is 5.39 Å². The van der Waals surface area contributed by atoms with E-state index in [1.54, 1.807) is 0 Å². The Balaban J connectivity index is 3.03. The molecule has 0 fully saturated rings. The molecule has 0 aliphatic carbocycles. The Bertz CT molecular complexity index is 1080. The van der Waals surface area contributed by atoms with Crippen LogP contribution in [0.5, 0.6) is 0 Å². The first-order chi connectivity index (χ1) is 9.80. The van der Waals surface area contributed by atoms with Crippen molar-refractivity contribution in [3.05, 3.63) is 30.3 Å². The fourth-order valence-electron chi connectivity index (χ4n) is 1.63. The van der Waals surface area contributed by atoms with Crippen LogP contribution >= 0.6 is 0 Å². The predicted octanol–water partition coefficient (Wildman–Crippen LogP) is 0.180. The van der Waals surface area contributed by atoms with Gasteiger partial charge in [-0.25, -0.2) is 0 Å². The zero-order valence-corrected chi connectivity index (χ0v) is 12.7. The minimum absolute atomic E-state index is 0.268. The van der Waals surface area contributed by atoms with Gasteiger partial charge in [-0.05, 0) is 17.5 Å². The summed E-state index contributed by atoms with van der Waals surface area (Å²) < 4.78 is 93.8. The monoisotopic (exact) mass is 366 g/mol. The largest absolute Gasteiger partial charge is 0.295 e. The van der Waals surface area contributed by atoms with E-state index in [0.29, 0.717) is 6.07 Å². The summed E-state index contributed by atoms with van der Waals surface area (Å²) in [6.45, 7) is 0. The van der Waals surface area contributed by atoms with Gasteiger partial charge in [0, 0.05) is 17.5 Å². The standard InChI is InChI=1S/C10H6O9S3/c11-20(12,13)7-2-1-6-3-8(21(14,15)16)5-10(9(6)4-7)22(17,18)19/h1-2,5H,(H,11,12,13)(H,14,15,16)(H,17,18,19). The normalized spacial score (nSPS) is 13.4. The SMILES string of the molecule is O=S(=O)(O)c1[c]c2c(S(=O)(=O)O)cc(S(=O)(=O)O)[c]c2cc1. The van der Waals surface area contributed by atoms with E-state index in [2.05, 4.69) is 6.07 Å². The molecule has 2 aromatic rings. The van der Waals surface area contributed by atoms with Crippen molar-refractivity contribution in [3.63, 3.8) is 0 Å². The Morgan fingerprint density at radius 3 is 1.73 bits per heavy atom. The van der Waals surface area contributed by atoms with Gasteiger partial charge < -0.3 is 0 Å². The lowest BCUT2D eigenvalue weighted by atomic mass is 10.1. The van der Waals surface area contributed by atoms with Crippen LogP contribution in [0.3, 0.4) is 0 Å². The predicted molar refractivity (Wildman–Crippen MR) is 71.1 cm³/mol. The van der Waals surface area contributed by atoms with Crippen LogP contribution in [0.25, 0.3) is 10.8 Å². The van der Waals surface area contributed by atoms with Gasteiger partial charge in [0.25, 0.3) is 30.4 Å². The first kappa shape index (κ1) is 16.8. The van der Waals surface area contributed by atoms with Crippen LogP contribution in [0.15, 0.2) is 32.9 Å². The van der Waals surface area contributed by atoms with Gasteiger partial charge in [-0.1, -0.05) is 6.07 Å². The van der Waals surface area contributed by atoms with E-state index < -0.39 is 50.4 Å². The smallest absolute Gasteiger partial charge is 0.282 e. The molecule has 2 rings (SSSR count). The molecule has 9 nitrogen and oxygen atoms in total. The van der Waals surface area contributed by atoms with E-state index in [1.807, 2.05) is 6.07 Å². The first-order valence-corrected chi connectivity index (χ1v) is 9.47. The molecule has 3 N–H and O–H groups in total. The molecule has 0 saturated carbocycles.